The number of carbonyl (C=O) groups is 1. The van der Waals surface area contributed by atoms with Crippen molar-refractivity contribution in [1.82, 2.24) is 0 Å². The molecule has 1 spiro atoms. The molecule has 2 fully saturated rings. The van der Waals surface area contributed by atoms with Gasteiger partial charge in [-0.15, -0.1) is 0 Å². The molecule has 2 heterocycles. The summed E-state index contributed by atoms with van der Waals surface area (Å²) in [5.74, 6) is -1.31. The van der Waals surface area contributed by atoms with Crippen LogP contribution in [0, 0.1) is 0 Å². The van der Waals surface area contributed by atoms with E-state index in [1.54, 1.807) is 18.2 Å². The second-order valence-corrected chi connectivity index (χ2v) is 8.78. The fourth-order valence-electron chi connectivity index (χ4n) is 3.88. The van der Waals surface area contributed by atoms with Crippen LogP contribution in [0.4, 0.5) is 0 Å². The van der Waals surface area contributed by atoms with Gasteiger partial charge >= 0.3 is 5.97 Å². The summed E-state index contributed by atoms with van der Waals surface area (Å²) in [5.41, 5.74) is 0.0122. The summed E-state index contributed by atoms with van der Waals surface area (Å²) < 4.78 is 13.4. The van der Waals surface area contributed by atoms with Crippen LogP contribution < -0.4 is 0 Å². The van der Waals surface area contributed by atoms with E-state index in [0.717, 1.165) is 23.1 Å². The number of nitrogens with zero attached hydrogens (tertiary/aromatic N) is 1. The molecule has 2 aromatic rings. The average molecular weight is 407 g/mol. The van der Waals surface area contributed by atoms with Crippen LogP contribution in [0.5, 0.6) is 0 Å². The monoisotopic (exact) mass is 406 g/mol. The standard InChI is InChI=1S/C21H22Cl2NO3/c1-24(2)12-10-20(11-13-24)26-19(25)21(27-20,15-6-4-3-5-7-15)16-8-9-17(22)18(23)14-16/h3-9,14H,10-13H2,1-2H3/q+1. The maximum Gasteiger partial charge on any atom is 0.350 e. The number of carbonyl (C=O) groups excluding carboxylic acids is 1. The molecule has 0 radical (unpaired) electrons. The normalized spacial score (nSPS) is 26.1. The lowest BCUT2D eigenvalue weighted by Crippen LogP contribution is -2.53. The van der Waals surface area contributed by atoms with Gasteiger partial charge in [0.2, 0.25) is 11.4 Å². The highest BCUT2D eigenvalue weighted by Crippen LogP contribution is 2.49. The first-order valence-electron chi connectivity index (χ1n) is 9.03. The second-order valence-electron chi connectivity index (χ2n) is 7.96. The third-order valence-corrected chi connectivity index (χ3v) is 6.35. The molecule has 1 unspecified atom stereocenters. The lowest BCUT2D eigenvalue weighted by Gasteiger charge is -2.41. The molecule has 2 aliphatic heterocycles. The number of halogens is 2. The van der Waals surface area contributed by atoms with Gasteiger partial charge in [-0.1, -0.05) is 59.6 Å². The Morgan fingerprint density at radius 1 is 0.926 bits per heavy atom. The van der Waals surface area contributed by atoms with Gasteiger partial charge in [0.1, 0.15) is 0 Å². The third kappa shape index (κ3) is 3.15. The smallest absolute Gasteiger partial charge is 0.350 e. The zero-order valence-corrected chi connectivity index (χ0v) is 16.9. The Bertz CT molecular complexity index is 874. The summed E-state index contributed by atoms with van der Waals surface area (Å²) in [7, 11) is 4.35. The van der Waals surface area contributed by atoms with Crippen molar-refractivity contribution in [3.05, 3.63) is 69.7 Å². The van der Waals surface area contributed by atoms with E-state index in [4.69, 9.17) is 32.7 Å². The number of rotatable bonds is 2. The summed E-state index contributed by atoms with van der Waals surface area (Å²) in [4.78, 5) is 13.3. The minimum atomic E-state index is -1.34. The van der Waals surface area contributed by atoms with Gasteiger partial charge in [0.15, 0.2) is 0 Å². The van der Waals surface area contributed by atoms with Crippen molar-refractivity contribution >= 4 is 29.2 Å². The van der Waals surface area contributed by atoms with Crippen LogP contribution in [0.1, 0.15) is 24.0 Å². The quantitative estimate of drug-likeness (QED) is 0.548. The number of benzene rings is 2. The number of ether oxygens (including phenoxy) is 2. The zero-order chi connectivity index (χ0) is 19.3. The summed E-state index contributed by atoms with van der Waals surface area (Å²) in [5, 5.41) is 0.810. The van der Waals surface area contributed by atoms with Gasteiger partial charge in [0.05, 0.1) is 50.1 Å². The highest BCUT2D eigenvalue weighted by atomic mass is 35.5. The predicted molar refractivity (Wildman–Crippen MR) is 105 cm³/mol. The summed E-state index contributed by atoms with van der Waals surface area (Å²) >= 11 is 12.4. The predicted octanol–water partition coefficient (Wildman–Crippen LogP) is 4.38. The van der Waals surface area contributed by atoms with Gasteiger partial charge in [-0.2, -0.15) is 0 Å². The molecule has 2 aromatic carbocycles. The van der Waals surface area contributed by atoms with Crippen LogP contribution in [-0.2, 0) is 19.9 Å². The van der Waals surface area contributed by atoms with E-state index in [2.05, 4.69) is 14.1 Å². The summed E-state index contributed by atoms with van der Waals surface area (Å²) in [6.07, 6.45) is 1.31. The lowest BCUT2D eigenvalue weighted by molar-refractivity contribution is -0.898. The molecule has 0 aliphatic carbocycles. The molecule has 0 aromatic heterocycles. The lowest BCUT2D eigenvalue weighted by atomic mass is 9.86. The molecule has 1 atom stereocenters. The van der Waals surface area contributed by atoms with Crippen molar-refractivity contribution in [1.29, 1.82) is 0 Å². The minimum Gasteiger partial charge on any atom is -0.430 e. The number of esters is 1. The van der Waals surface area contributed by atoms with Crippen LogP contribution in [-0.4, -0.2) is 43.4 Å². The van der Waals surface area contributed by atoms with Crippen LogP contribution >= 0.6 is 23.2 Å². The average Bonchev–Trinajstić information content (AvgIpc) is 2.95. The van der Waals surface area contributed by atoms with Gasteiger partial charge in [0, 0.05) is 5.56 Å². The number of hydrogen-bond acceptors (Lipinski definition) is 3. The minimum absolute atomic E-state index is 0.378. The molecular formula is C21H22Cl2NO3+. The molecule has 2 saturated heterocycles. The van der Waals surface area contributed by atoms with E-state index in [1.807, 2.05) is 30.3 Å². The van der Waals surface area contributed by atoms with Gasteiger partial charge in [-0.25, -0.2) is 4.79 Å². The first kappa shape index (κ1) is 18.8. The molecule has 6 heteroatoms. The number of piperidine rings is 1. The first-order chi connectivity index (χ1) is 12.8. The van der Waals surface area contributed by atoms with E-state index in [0.29, 0.717) is 28.5 Å². The van der Waals surface area contributed by atoms with Crippen molar-refractivity contribution in [3.8, 4) is 0 Å². The molecule has 0 amide bonds. The number of hydrogen-bond donors (Lipinski definition) is 0. The van der Waals surface area contributed by atoms with E-state index < -0.39 is 17.4 Å². The van der Waals surface area contributed by atoms with Crippen molar-refractivity contribution in [3.63, 3.8) is 0 Å². The van der Waals surface area contributed by atoms with Crippen molar-refractivity contribution in [2.45, 2.75) is 24.2 Å². The van der Waals surface area contributed by atoms with E-state index in [-0.39, 0.29) is 0 Å². The molecule has 142 valence electrons. The SMILES string of the molecule is C[N+]1(C)CCC2(CC1)OC(=O)C(c1ccccc1)(c1ccc(Cl)c(Cl)c1)O2. The van der Waals surface area contributed by atoms with E-state index >= 15 is 0 Å². The molecule has 27 heavy (non-hydrogen) atoms. The van der Waals surface area contributed by atoms with Crippen LogP contribution in [0.15, 0.2) is 48.5 Å². The van der Waals surface area contributed by atoms with Crippen LogP contribution in [0.3, 0.4) is 0 Å². The van der Waals surface area contributed by atoms with Crippen molar-refractivity contribution in [2.75, 3.05) is 27.2 Å². The Hall–Kier alpha value is -1.59. The molecule has 4 rings (SSSR count). The molecule has 0 saturated carbocycles. The fourth-order valence-corrected chi connectivity index (χ4v) is 4.18. The van der Waals surface area contributed by atoms with Gasteiger partial charge in [-0.05, 0) is 17.7 Å². The Morgan fingerprint density at radius 3 is 2.22 bits per heavy atom. The Labute approximate surface area is 169 Å². The molecule has 0 bridgehead atoms. The molecule has 2 aliphatic rings. The number of quaternary nitrogens is 1. The summed E-state index contributed by atoms with van der Waals surface area (Å²) in [6.45, 7) is 1.75. The maximum atomic E-state index is 13.3. The molecule has 0 N–H and O–H groups in total. The molecular weight excluding hydrogens is 385 g/mol. The Kier molecular flexibility index (Phi) is 4.51. The highest BCUT2D eigenvalue weighted by molar-refractivity contribution is 6.42. The zero-order valence-electron chi connectivity index (χ0n) is 15.4. The topological polar surface area (TPSA) is 35.5 Å². The highest BCUT2D eigenvalue weighted by Gasteiger charge is 2.61. The van der Waals surface area contributed by atoms with Gasteiger partial charge < -0.3 is 14.0 Å². The van der Waals surface area contributed by atoms with Crippen molar-refractivity contribution < 1.29 is 18.8 Å². The largest absolute Gasteiger partial charge is 0.430 e. The van der Waals surface area contributed by atoms with Gasteiger partial charge in [0.25, 0.3) is 0 Å². The summed E-state index contributed by atoms with van der Waals surface area (Å²) in [6, 6.07) is 14.6. The van der Waals surface area contributed by atoms with E-state index in [1.165, 1.54) is 0 Å². The van der Waals surface area contributed by atoms with Gasteiger partial charge in [-0.3, -0.25) is 0 Å². The molecule has 4 nitrogen and oxygen atoms in total. The third-order valence-electron chi connectivity index (χ3n) is 5.61. The Morgan fingerprint density at radius 2 is 1.59 bits per heavy atom. The first-order valence-corrected chi connectivity index (χ1v) is 9.79. The van der Waals surface area contributed by atoms with Crippen LogP contribution in [0.2, 0.25) is 10.0 Å². The Balaban J connectivity index is 1.82. The van der Waals surface area contributed by atoms with E-state index in [9.17, 15) is 4.79 Å². The fraction of sp³-hybridized carbons (Fsp3) is 0.381. The van der Waals surface area contributed by atoms with Crippen LogP contribution in [0.25, 0.3) is 0 Å². The van der Waals surface area contributed by atoms with Crippen molar-refractivity contribution in [2.24, 2.45) is 0 Å². The maximum absolute atomic E-state index is 13.3. The second kappa shape index (κ2) is 6.49. The number of likely N-dealkylation sites (tertiary alicyclic amines) is 1.